The molecule has 1 aromatic heterocycles. The second-order valence-corrected chi connectivity index (χ2v) is 10.2. The van der Waals surface area contributed by atoms with Gasteiger partial charge in [0.2, 0.25) is 10.9 Å². The topological polar surface area (TPSA) is 124 Å². The summed E-state index contributed by atoms with van der Waals surface area (Å²) in [4.78, 5) is 15.1. The van der Waals surface area contributed by atoms with Gasteiger partial charge in [-0.1, -0.05) is 36.1 Å². The van der Waals surface area contributed by atoms with Crippen molar-refractivity contribution in [3.05, 3.63) is 40.4 Å². The van der Waals surface area contributed by atoms with Gasteiger partial charge in [-0.3, -0.25) is 9.69 Å². The van der Waals surface area contributed by atoms with Crippen LogP contribution in [0.3, 0.4) is 0 Å². The maximum absolute atomic E-state index is 13.4. The molecule has 0 amide bonds. The second-order valence-electron chi connectivity index (χ2n) is 7.94. The van der Waals surface area contributed by atoms with Gasteiger partial charge < -0.3 is 19.9 Å². The SMILES string of the molecule is CCCSc1nnc(N2C(N)=C(C#N)C(c3ccc(OC)c(OC)c3OC)C3=C2CCCC3=O)s1. The fourth-order valence-corrected chi connectivity index (χ4v) is 6.31. The smallest absolute Gasteiger partial charge is 0.219 e. The average molecular weight is 514 g/mol. The van der Waals surface area contributed by atoms with E-state index in [1.165, 1.54) is 32.7 Å². The molecule has 0 fully saturated rings. The minimum absolute atomic E-state index is 0.0246. The number of hydrogen-bond acceptors (Lipinski definition) is 11. The number of nitrogens with two attached hydrogens (primary N) is 1. The molecule has 0 spiro atoms. The van der Waals surface area contributed by atoms with E-state index in [1.54, 1.807) is 28.8 Å². The average Bonchev–Trinajstić information content (AvgIpc) is 3.34. The first-order valence-electron chi connectivity index (χ1n) is 11.2. The standard InChI is InChI=1S/C24H27N5O4S2/c1-5-11-34-24-28-27-23(35-24)29-15-7-6-8-16(30)19(15)18(14(12-25)22(29)26)13-9-10-17(31-2)21(33-4)20(13)32-3/h9-10,18H,5-8,11,26H2,1-4H3. The van der Waals surface area contributed by atoms with Crippen LogP contribution >= 0.6 is 23.1 Å². The Labute approximate surface area is 212 Å². The molecular formula is C24H27N5O4S2. The number of benzene rings is 1. The van der Waals surface area contributed by atoms with E-state index in [2.05, 4.69) is 23.2 Å². The lowest BCUT2D eigenvalue weighted by Crippen LogP contribution is -2.38. The van der Waals surface area contributed by atoms with Crippen LogP contribution in [-0.2, 0) is 4.79 Å². The molecule has 1 atom stereocenters. The van der Waals surface area contributed by atoms with Crippen molar-refractivity contribution < 1.29 is 19.0 Å². The molecule has 2 N–H and O–H groups in total. The number of hydrogen-bond donors (Lipinski definition) is 1. The van der Waals surface area contributed by atoms with Crippen molar-refractivity contribution >= 4 is 34.0 Å². The molecule has 35 heavy (non-hydrogen) atoms. The maximum atomic E-state index is 13.4. The van der Waals surface area contributed by atoms with Crippen LogP contribution in [0.15, 0.2) is 39.1 Å². The molecule has 0 saturated carbocycles. The van der Waals surface area contributed by atoms with Crippen molar-refractivity contribution in [2.75, 3.05) is 32.0 Å². The zero-order valence-electron chi connectivity index (χ0n) is 20.1. The van der Waals surface area contributed by atoms with Gasteiger partial charge in [0.1, 0.15) is 5.82 Å². The largest absolute Gasteiger partial charge is 0.493 e. The molecular weight excluding hydrogens is 486 g/mol. The summed E-state index contributed by atoms with van der Waals surface area (Å²) >= 11 is 3.03. The molecule has 2 heterocycles. The van der Waals surface area contributed by atoms with Gasteiger partial charge in [-0.15, -0.1) is 10.2 Å². The third kappa shape index (κ3) is 4.32. The molecule has 1 aliphatic heterocycles. The number of rotatable bonds is 8. The fraction of sp³-hybridized carbons (Fsp3) is 0.417. The fourth-order valence-electron chi connectivity index (χ4n) is 4.51. The lowest BCUT2D eigenvalue weighted by atomic mass is 9.75. The van der Waals surface area contributed by atoms with Crippen LogP contribution in [0.4, 0.5) is 5.13 Å². The predicted molar refractivity (Wildman–Crippen MR) is 135 cm³/mol. The number of allylic oxidation sites excluding steroid dienone is 3. The van der Waals surface area contributed by atoms with Crippen LogP contribution in [0.1, 0.15) is 44.1 Å². The van der Waals surface area contributed by atoms with Gasteiger partial charge in [0.05, 0.1) is 38.9 Å². The molecule has 1 aliphatic carbocycles. The van der Waals surface area contributed by atoms with Gasteiger partial charge in [0, 0.05) is 29.0 Å². The number of anilines is 1. The van der Waals surface area contributed by atoms with E-state index in [9.17, 15) is 10.1 Å². The molecule has 2 aliphatic rings. The number of methoxy groups -OCH3 is 3. The van der Waals surface area contributed by atoms with Gasteiger partial charge in [0.25, 0.3) is 0 Å². The van der Waals surface area contributed by atoms with E-state index in [1.807, 2.05) is 0 Å². The summed E-state index contributed by atoms with van der Waals surface area (Å²) in [5.41, 5.74) is 8.80. The summed E-state index contributed by atoms with van der Waals surface area (Å²) in [6.07, 6.45) is 2.73. The first-order chi connectivity index (χ1) is 17.0. The van der Waals surface area contributed by atoms with E-state index >= 15 is 0 Å². The molecule has 2 aromatic rings. The Kier molecular flexibility index (Phi) is 7.52. The number of nitriles is 1. The number of nitrogens with zero attached hydrogens (tertiary/aromatic N) is 4. The molecule has 0 saturated heterocycles. The molecule has 0 radical (unpaired) electrons. The van der Waals surface area contributed by atoms with Crippen molar-refractivity contribution in [2.24, 2.45) is 5.73 Å². The van der Waals surface area contributed by atoms with E-state index in [0.29, 0.717) is 52.8 Å². The summed E-state index contributed by atoms with van der Waals surface area (Å²) in [5.74, 6) is 1.71. The van der Waals surface area contributed by atoms with Crippen molar-refractivity contribution in [1.29, 1.82) is 5.26 Å². The Balaban J connectivity index is 1.93. The maximum Gasteiger partial charge on any atom is 0.219 e. The molecule has 11 heteroatoms. The number of ether oxygens (including phenoxy) is 3. The number of carbonyl (C=O) groups is 1. The van der Waals surface area contributed by atoms with Crippen molar-refractivity contribution in [2.45, 2.75) is 42.9 Å². The van der Waals surface area contributed by atoms with Gasteiger partial charge >= 0.3 is 0 Å². The van der Waals surface area contributed by atoms with Crippen LogP contribution in [0.25, 0.3) is 0 Å². The Morgan fingerprint density at radius 2 is 1.97 bits per heavy atom. The first-order valence-corrected chi connectivity index (χ1v) is 13.0. The van der Waals surface area contributed by atoms with E-state index in [4.69, 9.17) is 19.9 Å². The summed E-state index contributed by atoms with van der Waals surface area (Å²) in [6, 6.07) is 5.80. The molecule has 1 aromatic carbocycles. The first kappa shape index (κ1) is 24.9. The number of aromatic nitrogens is 2. The number of ketones is 1. The predicted octanol–water partition coefficient (Wildman–Crippen LogP) is 4.37. The van der Waals surface area contributed by atoms with E-state index in [-0.39, 0.29) is 17.2 Å². The van der Waals surface area contributed by atoms with Gasteiger partial charge in [-0.25, -0.2) is 0 Å². The summed E-state index contributed by atoms with van der Waals surface area (Å²) in [7, 11) is 4.57. The third-order valence-electron chi connectivity index (χ3n) is 5.98. The Hall–Kier alpha value is -3.23. The zero-order chi connectivity index (χ0) is 25.1. The Morgan fingerprint density at radius 1 is 1.20 bits per heavy atom. The Bertz CT molecular complexity index is 1250. The van der Waals surface area contributed by atoms with E-state index in [0.717, 1.165) is 22.2 Å². The molecule has 9 nitrogen and oxygen atoms in total. The van der Waals surface area contributed by atoms with Crippen molar-refractivity contribution in [3.63, 3.8) is 0 Å². The van der Waals surface area contributed by atoms with Crippen molar-refractivity contribution in [3.8, 4) is 23.3 Å². The quantitative estimate of drug-likeness (QED) is 0.509. The van der Waals surface area contributed by atoms with Crippen molar-refractivity contribution in [1.82, 2.24) is 10.2 Å². The van der Waals surface area contributed by atoms with Crippen LogP contribution in [0.5, 0.6) is 17.2 Å². The number of thioether (sulfide) groups is 1. The van der Waals surface area contributed by atoms with Gasteiger partial charge in [-0.05, 0) is 25.3 Å². The summed E-state index contributed by atoms with van der Waals surface area (Å²) < 4.78 is 17.5. The Morgan fingerprint density at radius 3 is 2.63 bits per heavy atom. The monoisotopic (exact) mass is 513 g/mol. The van der Waals surface area contributed by atoms with Gasteiger partial charge in [0.15, 0.2) is 21.6 Å². The van der Waals surface area contributed by atoms with Crippen LogP contribution in [0.2, 0.25) is 0 Å². The second kappa shape index (κ2) is 10.6. The molecule has 0 bridgehead atoms. The molecule has 4 rings (SSSR count). The highest BCUT2D eigenvalue weighted by Crippen LogP contribution is 2.52. The minimum Gasteiger partial charge on any atom is -0.493 e. The lowest BCUT2D eigenvalue weighted by Gasteiger charge is -2.38. The summed E-state index contributed by atoms with van der Waals surface area (Å²) in [6.45, 7) is 2.10. The highest BCUT2D eigenvalue weighted by Gasteiger charge is 2.43. The molecule has 1 unspecified atom stereocenters. The van der Waals surface area contributed by atoms with Crippen LogP contribution < -0.4 is 24.8 Å². The van der Waals surface area contributed by atoms with Crippen LogP contribution in [-0.4, -0.2) is 43.1 Å². The normalized spacial score (nSPS) is 17.9. The summed E-state index contributed by atoms with van der Waals surface area (Å²) in [5, 5.41) is 19.5. The third-order valence-corrected chi connectivity index (χ3v) is 8.22. The minimum atomic E-state index is -0.698. The lowest BCUT2D eigenvalue weighted by molar-refractivity contribution is -0.116. The van der Waals surface area contributed by atoms with Crippen LogP contribution in [0, 0.1) is 11.3 Å². The zero-order valence-corrected chi connectivity index (χ0v) is 21.7. The molecule has 184 valence electrons. The van der Waals surface area contributed by atoms with Gasteiger partial charge in [-0.2, -0.15) is 5.26 Å². The highest BCUT2D eigenvalue weighted by molar-refractivity contribution is 8.01. The number of Topliss-reactive ketones (excluding diaryl/α,β-unsaturated/α-hetero) is 1. The van der Waals surface area contributed by atoms with E-state index < -0.39 is 5.92 Å². The number of carbonyl (C=O) groups excluding carboxylic acids is 1. The highest BCUT2D eigenvalue weighted by atomic mass is 32.2.